The molecule has 0 bridgehead atoms. The highest BCUT2D eigenvalue weighted by molar-refractivity contribution is 5.92. The normalized spacial score (nSPS) is 17.5. The molecule has 0 aromatic rings. The Morgan fingerprint density at radius 2 is 1.80 bits per heavy atom. The van der Waals surface area contributed by atoms with Gasteiger partial charge in [0.1, 0.15) is 12.1 Å². The number of nitrogens with two attached hydrogens (primary N) is 1. The first-order valence-electron chi connectivity index (χ1n) is 7.82. The van der Waals surface area contributed by atoms with E-state index >= 15 is 0 Å². The van der Waals surface area contributed by atoms with E-state index in [0.29, 0.717) is 19.4 Å². The number of amides is 4. The molecule has 1 heterocycles. The second kappa shape index (κ2) is 9.57. The monoisotopic (exact) mass is 357 g/mol. The fraction of sp³-hybridized carbons (Fsp3) is 0.643. The third-order valence-electron chi connectivity index (χ3n) is 3.67. The SMILES string of the molecule is CC(NC(=O)CNC(=O)CNC(=O)C1CCCN1C(=O)CN)C(=O)O. The molecule has 1 aliphatic rings. The van der Waals surface area contributed by atoms with Crippen molar-refractivity contribution in [3.05, 3.63) is 0 Å². The van der Waals surface area contributed by atoms with Gasteiger partial charge in [-0.25, -0.2) is 0 Å². The number of hydrogen-bond donors (Lipinski definition) is 5. The van der Waals surface area contributed by atoms with Crippen LogP contribution in [0.25, 0.3) is 0 Å². The minimum absolute atomic E-state index is 0.186. The molecule has 11 heteroatoms. The smallest absolute Gasteiger partial charge is 0.325 e. The Labute approximate surface area is 144 Å². The molecule has 0 aromatic carbocycles. The predicted molar refractivity (Wildman–Crippen MR) is 85.0 cm³/mol. The lowest BCUT2D eigenvalue weighted by Gasteiger charge is -2.23. The molecule has 0 saturated carbocycles. The first-order chi connectivity index (χ1) is 11.8. The number of carboxylic acid groups (broad SMARTS) is 1. The number of carbonyl (C=O) groups is 5. The van der Waals surface area contributed by atoms with Crippen molar-refractivity contribution in [3.8, 4) is 0 Å². The number of hydrogen-bond acceptors (Lipinski definition) is 6. The van der Waals surface area contributed by atoms with Crippen molar-refractivity contribution in [3.63, 3.8) is 0 Å². The Balaban J connectivity index is 2.34. The molecule has 4 amide bonds. The van der Waals surface area contributed by atoms with Crippen LogP contribution in [-0.2, 0) is 24.0 Å². The summed E-state index contributed by atoms with van der Waals surface area (Å²) in [6.07, 6.45) is 1.17. The minimum atomic E-state index is -1.19. The van der Waals surface area contributed by atoms with E-state index < -0.39 is 42.3 Å². The Morgan fingerprint density at radius 3 is 2.40 bits per heavy atom. The van der Waals surface area contributed by atoms with Gasteiger partial charge in [0.2, 0.25) is 23.6 Å². The van der Waals surface area contributed by atoms with Gasteiger partial charge >= 0.3 is 5.97 Å². The van der Waals surface area contributed by atoms with E-state index in [2.05, 4.69) is 16.0 Å². The van der Waals surface area contributed by atoms with E-state index in [1.54, 1.807) is 0 Å². The average Bonchev–Trinajstić information content (AvgIpc) is 3.06. The summed E-state index contributed by atoms with van der Waals surface area (Å²) in [7, 11) is 0. The van der Waals surface area contributed by atoms with Crippen molar-refractivity contribution in [2.45, 2.75) is 31.8 Å². The van der Waals surface area contributed by atoms with Crippen LogP contribution in [-0.4, -0.2) is 77.9 Å². The van der Waals surface area contributed by atoms with Gasteiger partial charge in [-0.3, -0.25) is 24.0 Å². The molecule has 6 N–H and O–H groups in total. The molecule has 11 nitrogen and oxygen atoms in total. The first kappa shape index (κ1) is 20.4. The molecule has 2 unspecified atom stereocenters. The summed E-state index contributed by atoms with van der Waals surface area (Å²) in [5.41, 5.74) is 5.30. The molecule has 25 heavy (non-hydrogen) atoms. The number of likely N-dealkylation sites (tertiary alicyclic amines) is 1. The van der Waals surface area contributed by atoms with Crippen molar-refractivity contribution < 1.29 is 29.1 Å². The van der Waals surface area contributed by atoms with Crippen molar-refractivity contribution in [1.82, 2.24) is 20.9 Å². The Morgan fingerprint density at radius 1 is 1.16 bits per heavy atom. The van der Waals surface area contributed by atoms with Crippen LogP contribution in [0.15, 0.2) is 0 Å². The molecule has 0 spiro atoms. The number of aliphatic carboxylic acids is 1. The molecule has 1 saturated heterocycles. The highest BCUT2D eigenvalue weighted by atomic mass is 16.4. The summed E-state index contributed by atoms with van der Waals surface area (Å²) in [6.45, 7) is 0.782. The maximum Gasteiger partial charge on any atom is 0.325 e. The molecular weight excluding hydrogens is 334 g/mol. The standard InChI is InChI=1S/C14H23N5O6/c1-8(14(24)25)18-11(21)7-16-10(20)6-17-13(23)9-3-2-4-19(9)12(22)5-15/h8-9H,2-7,15H2,1H3,(H,16,20)(H,17,23)(H,18,21)(H,24,25). The van der Waals surface area contributed by atoms with E-state index in [-0.39, 0.29) is 19.0 Å². The summed E-state index contributed by atoms with van der Waals surface area (Å²) in [5, 5.41) is 15.5. The molecule has 0 aliphatic carbocycles. The minimum Gasteiger partial charge on any atom is -0.480 e. The van der Waals surface area contributed by atoms with Crippen LogP contribution in [0.2, 0.25) is 0 Å². The molecule has 1 fully saturated rings. The number of nitrogens with one attached hydrogen (secondary N) is 3. The average molecular weight is 357 g/mol. The van der Waals surface area contributed by atoms with E-state index in [0.717, 1.165) is 0 Å². The summed E-state index contributed by atoms with van der Waals surface area (Å²) in [4.78, 5) is 58.7. The van der Waals surface area contributed by atoms with E-state index in [9.17, 15) is 24.0 Å². The fourth-order valence-electron chi connectivity index (χ4n) is 2.34. The molecule has 0 radical (unpaired) electrons. The fourth-order valence-corrected chi connectivity index (χ4v) is 2.34. The molecule has 0 aromatic heterocycles. The van der Waals surface area contributed by atoms with Crippen molar-refractivity contribution in [1.29, 1.82) is 0 Å². The van der Waals surface area contributed by atoms with Crippen molar-refractivity contribution >= 4 is 29.6 Å². The van der Waals surface area contributed by atoms with Crippen LogP contribution < -0.4 is 21.7 Å². The second-order valence-electron chi connectivity index (χ2n) is 5.57. The molecule has 2 atom stereocenters. The molecule has 1 aliphatic heterocycles. The van der Waals surface area contributed by atoms with Gasteiger partial charge in [-0.2, -0.15) is 0 Å². The first-order valence-corrected chi connectivity index (χ1v) is 7.82. The van der Waals surface area contributed by atoms with Crippen LogP contribution in [0.3, 0.4) is 0 Å². The summed E-state index contributed by atoms with van der Waals surface area (Å²) >= 11 is 0. The van der Waals surface area contributed by atoms with E-state index in [1.807, 2.05) is 0 Å². The third kappa shape index (κ3) is 6.37. The van der Waals surface area contributed by atoms with Crippen LogP contribution in [0.1, 0.15) is 19.8 Å². The van der Waals surface area contributed by atoms with Gasteiger partial charge in [0.15, 0.2) is 0 Å². The molecule has 1 rings (SSSR count). The second-order valence-corrected chi connectivity index (χ2v) is 5.57. The lowest BCUT2D eigenvalue weighted by molar-refractivity contribution is -0.141. The lowest BCUT2D eigenvalue weighted by atomic mass is 10.2. The summed E-state index contributed by atoms with van der Waals surface area (Å²) in [6, 6.07) is -1.72. The van der Waals surface area contributed by atoms with Crippen LogP contribution >= 0.6 is 0 Å². The molecule has 140 valence electrons. The zero-order chi connectivity index (χ0) is 19.0. The van der Waals surface area contributed by atoms with E-state index in [4.69, 9.17) is 10.8 Å². The van der Waals surface area contributed by atoms with Gasteiger partial charge in [-0.15, -0.1) is 0 Å². The maximum atomic E-state index is 12.1. The van der Waals surface area contributed by atoms with Crippen molar-refractivity contribution in [2.75, 3.05) is 26.2 Å². The lowest BCUT2D eigenvalue weighted by Crippen LogP contribution is -2.50. The van der Waals surface area contributed by atoms with Gasteiger partial charge in [-0.05, 0) is 19.8 Å². The maximum absolute atomic E-state index is 12.1. The topological polar surface area (TPSA) is 171 Å². The predicted octanol–water partition coefficient (Wildman–Crippen LogP) is -3.24. The third-order valence-corrected chi connectivity index (χ3v) is 3.67. The van der Waals surface area contributed by atoms with Gasteiger partial charge < -0.3 is 31.7 Å². The Bertz CT molecular complexity index is 552. The van der Waals surface area contributed by atoms with Crippen LogP contribution in [0.5, 0.6) is 0 Å². The largest absolute Gasteiger partial charge is 0.480 e. The van der Waals surface area contributed by atoms with Crippen LogP contribution in [0.4, 0.5) is 0 Å². The zero-order valence-corrected chi connectivity index (χ0v) is 13.9. The Hall–Kier alpha value is -2.69. The van der Waals surface area contributed by atoms with Gasteiger partial charge in [0.05, 0.1) is 19.6 Å². The highest BCUT2D eigenvalue weighted by Crippen LogP contribution is 2.16. The van der Waals surface area contributed by atoms with E-state index in [1.165, 1.54) is 11.8 Å². The van der Waals surface area contributed by atoms with Crippen molar-refractivity contribution in [2.24, 2.45) is 5.73 Å². The highest BCUT2D eigenvalue weighted by Gasteiger charge is 2.33. The van der Waals surface area contributed by atoms with Crippen LogP contribution in [0, 0.1) is 0 Å². The quantitative estimate of drug-likeness (QED) is 0.304. The summed E-state index contributed by atoms with van der Waals surface area (Å²) in [5.74, 6) is -3.25. The Kier molecular flexibility index (Phi) is 7.79. The summed E-state index contributed by atoms with van der Waals surface area (Å²) < 4.78 is 0. The zero-order valence-electron chi connectivity index (χ0n) is 13.9. The number of rotatable bonds is 8. The van der Waals surface area contributed by atoms with Gasteiger partial charge in [-0.1, -0.05) is 0 Å². The molecular formula is C14H23N5O6. The number of carbonyl (C=O) groups excluding carboxylic acids is 4. The van der Waals surface area contributed by atoms with Gasteiger partial charge in [0.25, 0.3) is 0 Å². The number of nitrogens with zero attached hydrogens (tertiary/aromatic N) is 1. The number of carboxylic acids is 1. The van der Waals surface area contributed by atoms with Gasteiger partial charge in [0, 0.05) is 6.54 Å².